The predicted molar refractivity (Wildman–Crippen MR) is 92.3 cm³/mol. The summed E-state index contributed by atoms with van der Waals surface area (Å²) >= 11 is 0. The maximum absolute atomic E-state index is 14.3. The van der Waals surface area contributed by atoms with Gasteiger partial charge in [-0.2, -0.15) is 0 Å². The number of nitrogens with zero attached hydrogens (tertiary/aromatic N) is 5. The van der Waals surface area contributed by atoms with Crippen LogP contribution in [0.15, 0.2) is 31.1 Å². The highest BCUT2D eigenvalue weighted by Crippen LogP contribution is 2.30. The Morgan fingerprint density at radius 2 is 2.04 bits per heavy atom. The van der Waals surface area contributed by atoms with Gasteiger partial charge in [-0.1, -0.05) is 0 Å². The van der Waals surface area contributed by atoms with Crippen molar-refractivity contribution in [2.45, 2.75) is 31.8 Å². The van der Waals surface area contributed by atoms with Crippen LogP contribution in [0.2, 0.25) is 0 Å². The third kappa shape index (κ3) is 3.52. The molecule has 0 amide bonds. The highest BCUT2D eigenvalue weighted by atomic mass is 19.1. The molecule has 0 radical (unpaired) electrons. The van der Waals surface area contributed by atoms with E-state index in [0.717, 1.165) is 24.9 Å². The first-order chi connectivity index (χ1) is 12.7. The van der Waals surface area contributed by atoms with Crippen molar-refractivity contribution in [2.75, 3.05) is 11.9 Å². The third-order valence-electron chi connectivity index (χ3n) is 4.28. The molecule has 4 heterocycles. The van der Waals surface area contributed by atoms with Crippen LogP contribution in [-0.2, 0) is 4.74 Å². The van der Waals surface area contributed by atoms with Crippen molar-refractivity contribution >= 4 is 11.6 Å². The molecule has 0 spiro atoms. The van der Waals surface area contributed by atoms with Gasteiger partial charge in [-0.05, 0) is 19.8 Å². The van der Waals surface area contributed by atoms with E-state index in [4.69, 9.17) is 4.74 Å². The first-order valence-corrected chi connectivity index (χ1v) is 8.40. The Kier molecular flexibility index (Phi) is 4.53. The van der Waals surface area contributed by atoms with Crippen LogP contribution in [0.4, 0.5) is 16.0 Å². The van der Waals surface area contributed by atoms with E-state index < -0.39 is 5.82 Å². The molecule has 134 valence electrons. The summed E-state index contributed by atoms with van der Waals surface area (Å²) in [6, 6.07) is 0. The maximum atomic E-state index is 14.3. The second-order valence-electron chi connectivity index (χ2n) is 6.23. The van der Waals surface area contributed by atoms with E-state index in [0.29, 0.717) is 18.0 Å². The van der Waals surface area contributed by atoms with Crippen molar-refractivity contribution in [3.63, 3.8) is 0 Å². The molecule has 0 bridgehead atoms. The number of halogens is 1. The zero-order valence-corrected chi connectivity index (χ0v) is 14.2. The summed E-state index contributed by atoms with van der Waals surface area (Å²) in [6.07, 6.45) is 9.31. The van der Waals surface area contributed by atoms with Crippen LogP contribution in [0, 0.1) is 5.82 Å². The van der Waals surface area contributed by atoms with Crippen LogP contribution in [0.5, 0.6) is 0 Å². The fourth-order valence-electron chi connectivity index (χ4n) is 3.02. The number of aromatic amines is 1. The van der Waals surface area contributed by atoms with E-state index in [1.165, 1.54) is 6.33 Å². The zero-order valence-electron chi connectivity index (χ0n) is 14.2. The summed E-state index contributed by atoms with van der Waals surface area (Å²) in [6.45, 7) is 2.75. The van der Waals surface area contributed by atoms with Crippen molar-refractivity contribution < 1.29 is 9.13 Å². The van der Waals surface area contributed by atoms with Gasteiger partial charge in [0, 0.05) is 12.5 Å². The zero-order chi connectivity index (χ0) is 17.9. The van der Waals surface area contributed by atoms with Gasteiger partial charge in [0.05, 0.1) is 42.3 Å². The Labute approximate surface area is 149 Å². The van der Waals surface area contributed by atoms with Crippen molar-refractivity contribution in [3.8, 4) is 11.4 Å². The molecule has 1 aliphatic heterocycles. The lowest BCUT2D eigenvalue weighted by Gasteiger charge is -2.25. The van der Waals surface area contributed by atoms with Gasteiger partial charge < -0.3 is 15.0 Å². The van der Waals surface area contributed by atoms with Crippen LogP contribution in [0.3, 0.4) is 0 Å². The summed E-state index contributed by atoms with van der Waals surface area (Å²) in [7, 11) is 0. The Balaban J connectivity index is 1.58. The molecule has 8 nitrogen and oxygen atoms in total. The number of anilines is 2. The Hall–Kier alpha value is -2.94. The first-order valence-electron chi connectivity index (χ1n) is 8.40. The number of aromatic nitrogens is 6. The lowest BCUT2D eigenvalue weighted by Crippen LogP contribution is -2.22. The molecule has 1 fully saturated rings. The Bertz CT molecular complexity index is 886. The number of hydrogen-bond acceptors (Lipinski definition) is 7. The number of rotatable bonds is 4. The molecule has 26 heavy (non-hydrogen) atoms. The maximum Gasteiger partial charge on any atom is 0.228 e. The summed E-state index contributed by atoms with van der Waals surface area (Å²) in [5.41, 5.74) is 1.30. The minimum Gasteiger partial charge on any atom is -0.378 e. The van der Waals surface area contributed by atoms with Crippen molar-refractivity contribution in [1.29, 1.82) is 0 Å². The molecule has 3 aromatic heterocycles. The van der Waals surface area contributed by atoms with Crippen LogP contribution in [-0.4, -0.2) is 42.6 Å². The Morgan fingerprint density at radius 1 is 1.19 bits per heavy atom. The predicted octanol–water partition coefficient (Wildman–Crippen LogP) is 2.82. The molecule has 9 heteroatoms. The van der Waals surface area contributed by atoms with E-state index in [-0.39, 0.29) is 23.7 Å². The minimum absolute atomic E-state index is 0.165. The van der Waals surface area contributed by atoms with Crippen molar-refractivity contribution in [2.24, 2.45) is 0 Å². The van der Waals surface area contributed by atoms with Crippen LogP contribution in [0.1, 0.15) is 31.5 Å². The van der Waals surface area contributed by atoms with Crippen LogP contribution < -0.4 is 5.32 Å². The van der Waals surface area contributed by atoms with E-state index in [2.05, 4.69) is 35.2 Å². The molecule has 1 aliphatic rings. The smallest absolute Gasteiger partial charge is 0.228 e. The number of nitrogens with one attached hydrogen (secondary N) is 2. The summed E-state index contributed by atoms with van der Waals surface area (Å²) in [4.78, 5) is 23.7. The molecular weight excluding hydrogens is 337 g/mol. The third-order valence-corrected chi connectivity index (χ3v) is 4.28. The summed E-state index contributed by atoms with van der Waals surface area (Å²) in [5, 5.41) is 2.95. The van der Waals surface area contributed by atoms with Gasteiger partial charge in [-0.3, -0.25) is 0 Å². The van der Waals surface area contributed by atoms with Gasteiger partial charge in [0.2, 0.25) is 5.95 Å². The van der Waals surface area contributed by atoms with E-state index in [9.17, 15) is 4.39 Å². The largest absolute Gasteiger partial charge is 0.378 e. The van der Waals surface area contributed by atoms with Gasteiger partial charge >= 0.3 is 0 Å². The van der Waals surface area contributed by atoms with E-state index >= 15 is 0 Å². The van der Waals surface area contributed by atoms with Gasteiger partial charge in [-0.25, -0.2) is 29.3 Å². The van der Waals surface area contributed by atoms with Gasteiger partial charge in [-0.15, -0.1) is 0 Å². The monoisotopic (exact) mass is 355 g/mol. The number of hydrogen-bond donors (Lipinski definition) is 2. The average molecular weight is 355 g/mol. The van der Waals surface area contributed by atoms with Crippen LogP contribution >= 0.6 is 0 Å². The SMILES string of the molecule is CC1CC(c2ncc(-c3nc(Nc4cncnc4)ncc3F)[nH]2)CCO1. The van der Waals surface area contributed by atoms with Gasteiger partial charge in [0.15, 0.2) is 5.82 Å². The molecule has 1 saturated heterocycles. The normalized spacial score (nSPS) is 20.1. The lowest BCUT2D eigenvalue weighted by atomic mass is 9.96. The van der Waals surface area contributed by atoms with E-state index in [1.54, 1.807) is 18.6 Å². The quantitative estimate of drug-likeness (QED) is 0.742. The van der Waals surface area contributed by atoms with Crippen molar-refractivity contribution in [1.82, 2.24) is 29.9 Å². The molecule has 4 rings (SSSR count). The highest BCUT2D eigenvalue weighted by Gasteiger charge is 2.24. The molecule has 3 aromatic rings. The summed E-state index contributed by atoms with van der Waals surface area (Å²) in [5.74, 6) is 0.845. The number of imidazole rings is 1. The second kappa shape index (κ2) is 7.12. The number of H-pyrrole nitrogens is 1. The fourth-order valence-corrected chi connectivity index (χ4v) is 3.02. The number of ether oxygens (including phenoxy) is 1. The topological polar surface area (TPSA) is 102 Å². The van der Waals surface area contributed by atoms with Gasteiger partial charge in [0.1, 0.15) is 17.8 Å². The fraction of sp³-hybridized carbons (Fsp3) is 0.353. The lowest BCUT2D eigenvalue weighted by molar-refractivity contribution is 0.0174. The molecule has 0 aromatic carbocycles. The summed E-state index contributed by atoms with van der Waals surface area (Å²) < 4.78 is 19.8. The molecule has 2 unspecified atom stereocenters. The standard InChI is InChI=1S/C17H18FN7O/c1-10-4-11(2-3-26-10)16-21-8-14(24-16)15-13(18)7-22-17(25-15)23-12-5-19-9-20-6-12/h5-11H,2-4H2,1H3,(H,21,24)(H,22,23,25). The average Bonchev–Trinajstić information content (AvgIpc) is 3.14. The molecular formula is C17H18FN7O. The first kappa shape index (κ1) is 16.5. The molecule has 0 saturated carbocycles. The second-order valence-corrected chi connectivity index (χ2v) is 6.23. The van der Waals surface area contributed by atoms with Crippen LogP contribution in [0.25, 0.3) is 11.4 Å². The highest BCUT2D eigenvalue weighted by molar-refractivity contribution is 5.58. The molecule has 0 aliphatic carbocycles. The Morgan fingerprint density at radius 3 is 2.85 bits per heavy atom. The van der Waals surface area contributed by atoms with Gasteiger partial charge in [0.25, 0.3) is 0 Å². The molecule has 2 N–H and O–H groups in total. The minimum atomic E-state index is -0.518. The van der Waals surface area contributed by atoms with Crippen molar-refractivity contribution in [3.05, 3.63) is 42.8 Å². The van der Waals surface area contributed by atoms with E-state index in [1.807, 2.05) is 6.92 Å². The molecule has 2 atom stereocenters.